The molecule has 0 bridgehead atoms. The molecule has 2 unspecified atom stereocenters. The maximum absolute atomic E-state index is 12.3. The average molecular weight is 555 g/mol. The molecule has 230 valence electrons. The van der Waals surface area contributed by atoms with E-state index in [0.29, 0.717) is 6.42 Å². The Kier molecular flexibility index (Phi) is 26.5. The number of unbranched alkanes of at least 4 members (excludes halogenated alkanes) is 20. The van der Waals surface area contributed by atoms with Gasteiger partial charge in [-0.3, -0.25) is 14.9 Å². The molecule has 0 aliphatic carbocycles. The van der Waals surface area contributed by atoms with Crippen LogP contribution < -0.4 is 11.1 Å². The number of nitrogens with one attached hydrogen (secondary N) is 1. The van der Waals surface area contributed by atoms with Crippen molar-refractivity contribution < 1.29 is 23.9 Å². The van der Waals surface area contributed by atoms with Crippen LogP contribution in [0.25, 0.3) is 0 Å². The van der Waals surface area contributed by atoms with Gasteiger partial charge in [-0.25, -0.2) is 4.79 Å². The molecule has 0 fully saturated rings. The highest BCUT2D eigenvalue weighted by atomic mass is 16.6. The molecular weight excluding hydrogens is 492 g/mol. The summed E-state index contributed by atoms with van der Waals surface area (Å²) >= 11 is 0. The van der Waals surface area contributed by atoms with Crippen molar-refractivity contribution in [3.8, 4) is 0 Å². The number of hydrogen-bond acceptors (Lipinski definition) is 5. The van der Waals surface area contributed by atoms with Crippen molar-refractivity contribution in [3.05, 3.63) is 0 Å². The van der Waals surface area contributed by atoms with Gasteiger partial charge in [0.05, 0.1) is 0 Å². The Morgan fingerprint density at radius 3 is 1.18 bits per heavy atom. The number of hydrogen-bond donors (Lipinski definition) is 2. The summed E-state index contributed by atoms with van der Waals surface area (Å²) in [7, 11) is 0. The van der Waals surface area contributed by atoms with Crippen molar-refractivity contribution in [3.63, 3.8) is 0 Å². The summed E-state index contributed by atoms with van der Waals surface area (Å²) in [5, 5.41) is 2.39. The number of ether oxygens (including phenoxy) is 2. The Hall–Kier alpha value is -1.79. The van der Waals surface area contributed by atoms with Gasteiger partial charge in [0, 0.05) is 12.8 Å². The molecule has 0 saturated heterocycles. The molecule has 0 aromatic rings. The molecule has 0 rings (SSSR count). The van der Waals surface area contributed by atoms with E-state index in [-0.39, 0.29) is 12.4 Å². The molecular formula is C32H62N2O5. The van der Waals surface area contributed by atoms with E-state index in [9.17, 15) is 14.4 Å². The van der Waals surface area contributed by atoms with Crippen molar-refractivity contribution in [2.24, 2.45) is 5.73 Å². The highest BCUT2D eigenvalue weighted by molar-refractivity contribution is 5.74. The number of carbonyl (C=O) groups is 3. The van der Waals surface area contributed by atoms with Crippen molar-refractivity contribution >= 4 is 18.0 Å². The first-order chi connectivity index (χ1) is 18.9. The number of nitrogens with two attached hydrogens (primary N) is 1. The van der Waals surface area contributed by atoms with E-state index in [1.165, 1.54) is 103 Å². The highest BCUT2D eigenvalue weighted by Crippen LogP contribution is 2.14. The van der Waals surface area contributed by atoms with Crippen LogP contribution in [0.5, 0.6) is 0 Å². The molecule has 0 aromatic heterocycles. The Balaban J connectivity index is 3.98. The first-order valence-corrected chi connectivity index (χ1v) is 16.4. The number of primary amides is 1. The average Bonchev–Trinajstić information content (AvgIpc) is 2.89. The van der Waals surface area contributed by atoms with E-state index in [0.717, 1.165) is 38.5 Å². The number of carbonyl (C=O) groups excluding carboxylic acids is 3. The summed E-state index contributed by atoms with van der Waals surface area (Å²) in [6.45, 7) is 6.08. The van der Waals surface area contributed by atoms with E-state index in [1.807, 2.05) is 0 Å². The molecule has 7 heteroatoms. The Morgan fingerprint density at radius 1 is 0.538 bits per heavy atom. The molecule has 0 saturated carbocycles. The Bertz CT molecular complexity index is 599. The second kappa shape index (κ2) is 27.8. The molecule has 2 amide bonds. The van der Waals surface area contributed by atoms with Crippen molar-refractivity contribution in [1.29, 1.82) is 0 Å². The lowest BCUT2D eigenvalue weighted by atomic mass is 10.1. The first-order valence-electron chi connectivity index (χ1n) is 16.4. The second-order valence-electron chi connectivity index (χ2n) is 11.2. The fourth-order valence-electron chi connectivity index (χ4n) is 4.78. The van der Waals surface area contributed by atoms with Crippen LogP contribution in [0.15, 0.2) is 0 Å². The van der Waals surface area contributed by atoms with Gasteiger partial charge in [-0.15, -0.1) is 0 Å². The molecule has 2 atom stereocenters. The lowest BCUT2D eigenvalue weighted by molar-refractivity contribution is -0.168. The van der Waals surface area contributed by atoms with Crippen LogP contribution in [0.1, 0.15) is 175 Å². The molecule has 3 N–H and O–H groups in total. The highest BCUT2D eigenvalue weighted by Gasteiger charge is 2.26. The zero-order valence-corrected chi connectivity index (χ0v) is 25.7. The topological polar surface area (TPSA) is 108 Å². The van der Waals surface area contributed by atoms with E-state index in [2.05, 4.69) is 19.2 Å². The minimum absolute atomic E-state index is 0.271. The molecule has 0 heterocycles. The van der Waals surface area contributed by atoms with Gasteiger partial charge >= 0.3 is 18.0 Å². The van der Waals surface area contributed by atoms with Gasteiger partial charge in [0.25, 0.3) is 0 Å². The minimum Gasteiger partial charge on any atom is -0.457 e. The van der Waals surface area contributed by atoms with Crippen LogP contribution in [0, 0.1) is 0 Å². The third-order valence-electron chi connectivity index (χ3n) is 7.26. The van der Waals surface area contributed by atoms with Crippen LogP contribution in [-0.2, 0) is 19.1 Å². The van der Waals surface area contributed by atoms with Crippen molar-refractivity contribution in [1.82, 2.24) is 5.32 Å². The summed E-state index contributed by atoms with van der Waals surface area (Å²) in [6, 6.07) is -0.823. The predicted octanol–water partition coefficient (Wildman–Crippen LogP) is 8.86. The van der Waals surface area contributed by atoms with Crippen LogP contribution >= 0.6 is 0 Å². The molecule has 7 nitrogen and oxygen atoms in total. The molecule has 39 heavy (non-hydrogen) atoms. The predicted molar refractivity (Wildman–Crippen MR) is 160 cm³/mol. The van der Waals surface area contributed by atoms with E-state index in [1.54, 1.807) is 6.92 Å². The van der Waals surface area contributed by atoms with Crippen molar-refractivity contribution in [2.75, 3.05) is 0 Å². The van der Waals surface area contributed by atoms with Crippen molar-refractivity contribution in [2.45, 2.75) is 187 Å². The van der Waals surface area contributed by atoms with Gasteiger partial charge in [-0.1, -0.05) is 142 Å². The maximum Gasteiger partial charge on any atom is 0.315 e. The molecule has 0 aliphatic rings. The zero-order valence-electron chi connectivity index (χ0n) is 25.7. The fraction of sp³-hybridized carbons (Fsp3) is 0.906. The number of rotatable bonds is 28. The Labute approximate surface area is 240 Å². The van der Waals surface area contributed by atoms with Crippen LogP contribution in [-0.4, -0.2) is 30.3 Å². The first kappa shape index (κ1) is 37.2. The summed E-state index contributed by atoms with van der Waals surface area (Å²) < 4.78 is 10.8. The lowest BCUT2D eigenvalue weighted by Crippen LogP contribution is -2.48. The minimum atomic E-state index is -1.08. The maximum atomic E-state index is 12.3. The fourth-order valence-corrected chi connectivity index (χ4v) is 4.78. The van der Waals surface area contributed by atoms with Gasteiger partial charge in [-0.05, 0) is 19.8 Å². The van der Waals surface area contributed by atoms with Gasteiger partial charge in [0.1, 0.15) is 0 Å². The SMILES string of the molecule is CCCCCCCCCCCCCC(=O)OC(C)C(NC(N)=O)OC(=O)CCCCCCCCCCCCC. The third-order valence-corrected chi connectivity index (χ3v) is 7.26. The van der Waals surface area contributed by atoms with E-state index in [4.69, 9.17) is 15.2 Å². The van der Waals surface area contributed by atoms with E-state index < -0.39 is 24.3 Å². The smallest absolute Gasteiger partial charge is 0.315 e. The molecule has 0 aromatic carbocycles. The summed E-state index contributed by atoms with van der Waals surface area (Å²) in [5.74, 6) is -0.769. The molecule has 0 aliphatic heterocycles. The van der Waals surface area contributed by atoms with E-state index >= 15 is 0 Å². The molecule has 0 radical (unpaired) electrons. The summed E-state index contributed by atoms with van der Waals surface area (Å²) in [5.41, 5.74) is 5.25. The zero-order chi connectivity index (χ0) is 29.0. The standard InChI is InChI=1S/C32H62N2O5/c1-4-6-8-10-12-14-16-18-20-22-24-26-29(35)38-28(3)31(34-32(33)37)39-30(36)27-25-23-21-19-17-15-13-11-9-7-5-2/h28,31H,4-27H2,1-3H3,(H3,33,34,37). The third kappa shape index (κ3) is 26.2. The summed E-state index contributed by atoms with van der Waals surface area (Å²) in [6.07, 6.45) is 25.2. The molecule has 0 spiro atoms. The lowest BCUT2D eigenvalue weighted by Gasteiger charge is -2.24. The summed E-state index contributed by atoms with van der Waals surface area (Å²) in [4.78, 5) is 36.0. The second-order valence-corrected chi connectivity index (χ2v) is 11.2. The normalized spacial score (nSPS) is 12.6. The van der Waals surface area contributed by atoms with Crippen LogP contribution in [0.3, 0.4) is 0 Å². The van der Waals surface area contributed by atoms with Crippen LogP contribution in [0.2, 0.25) is 0 Å². The van der Waals surface area contributed by atoms with Gasteiger partial charge in [-0.2, -0.15) is 0 Å². The Morgan fingerprint density at radius 2 is 0.846 bits per heavy atom. The monoisotopic (exact) mass is 554 g/mol. The quantitative estimate of drug-likeness (QED) is 0.0570. The van der Waals surface area contributed by atoms with Gasteiger partial charge < -0.3 is 15.2 Å². The van der Waals surface area contributed by atoms with Gasteiger partial charge in [0.2, 0.25) is 6.23 Å². The van der Waals surface area contributed by atoms with Crippen LogP contribution in [0.4, 0.5) is 4.79 Å². The number of amides is 2. The largest absolute Gasteiger partial charge is 0.457 e. The number of urea groups is 1. The number of esters is 2. The van der Waals surface area contributed by atoms with Gasteiger partial charge in [0.15, 0.2) is 6.10 Å².